The normalized spacial score (nSPS) is 8.42. The van der Waals surface area contributed by atoms with E-state index < -0.39 is 0 Å². The van der Waals surface area contributed by atoms with Gasteiger partial charge in [0.1, 0.15) is 0 Å². The number of hydrogen-bond acceptors (Lipinski definition) is 0. The fourth-order valence-electron chi connectivity index (χ4n) is 1.13. The minimum absolute atomic E-state index is 0. The zero-order valence-electron chi connectivity index (χ0n) is 17.9. The van der Waals surface area contributed by atoms with Crippen molar-refractivity contribution in [3.63, 3.8) is 0 Å². The second-order valence-corrected chi connectivity index (χ2v) is 5.97. The van der Waals surface area contributed by atoms with Crippen molar-refractivity contribution >= 4 is 10.8 Å². The summed E-state index contributed by atoms with van der Waals surface area (Å²) in [6.45, 7) is 21.2. The topological polar surface area (TPSA) is 0 Å². The molecule has 0 spiro atoms. The maximum atomic E-state index is 2.24. The van der Waals surface area contributed by atoms with Gasteiger partial charge in [0.25, 0.3) is 0 Å². The molecule has 0 saturated heterocycles. The Morgan fingerprint density at radius 2 is 0.792 bits per heavy atom. The third kappa shape index (κ3) is 21.4. The molecule has 0 heterocycles. The van der Waals surface area contributed by atoms with Crippen LogP contribution in [0.1, 0.15) is 82.1 Å². The molecule has 0 aromatic heterocycles. The minimum atomic E-state index is 0. The molecular formula is C23H42W. The molecule has 0 saturated carbocycles. The Morgan fingerprint density at radius 1 is 0.625 bits per heavy atom. The molecule has 0 aliphatic carbocycles. The molecule has 2 aromatic carbocycles. The first-order valence-corrected chi connectivity index (χ1v) is 9.38. The average Bonchev–Trinajstić information content (AvgIpc) is 2.59. The van der Waals surface area contributed by atoms with Gasteiger partial charge >= 0.3 is 0 Å². The second-order valence-electron chi connectivity index (χ2n) is 5.97. The Bertz CT molecular complexity index is 375. The van der Waals surface area contributed by atoms with Gasteiger partial charge in [-0.1, -0.05) is 131 Å². The van der Waals surface area contributed by atoms with Crippen molar-refractivity contribution in [2.45, 2.75) is 82.1 Å². The van der Waals surface area contributed by atoms with Crippen molar-refractivity contribution in [2.75, 3.05) is 0 Å². The number of fused-ring (bicyclic) bond motifs is 1. The predicted octanol–water partition coefficient (Wildman–Crippen LogP) is 8.75. The van der Waals surface area contributed by atoms with E-state index in [0.29, 0.717) is 5.41 Å². The van der Waals surface area contributed by atoms with E-state index in [0.717, 1.165) is 0 Å². The summed E-state index contributed by atoms with van der Waals surface area (Å²) >= 11 is 0. The summed E-state index contributed by atoms with van der Waals surface area (Å²) in [5, 5.41) is 2.62. The predicted molar refractivity (Wildman–Crippen MR) is 112 cm³/mol. The van der Waals surface area contributed by atoms with E-state index in [4.69, 9.17) is 0 Å². The Hall–Kier alpha value is -0.612. The van der Waals surface area contributed by atoms with Crippen LogP contribution in [0.15, 0.2) is 48.5 Å². The Kier molecular flexibility index (Phi) is 29.1. The molecule has 0 unspecified atom stereocenters. The average molecular weight is 502 g/mol. The second kappa shape index (κ2) is 22.4. The molecule has 0 amide bonds. The zero-order chi connectivity index (χ0) is 18.7. The fourth-order valence-corrected chi connectivity index (χ4v) is 1.13. The van der Waals surface area contributed by atoms with Gasteiger partial charge in [-0.2, -0.15) is 0 Å². The molecule has 0 aliphatic heterocycles. The van der Waals surface area contributed by atoms with E-state index in [-0.39, 0.29) is 21.1 Å². The van der Waals surface area contributed by atoms with E-state index in [2.05, 4.69) is 90.1 Å². The first-order valence-electron chi connectivity index (χ1n) is 9.38. The van der Waals surface area contributed by atoms with Crippen LogP contribution in [0.25, 0.3) is 10.8 Å². The van der Waals surface area contributed by atoms with Crippen LogP contribution >= 0.6 is 0 Å². The summed E-state index contributed by atoms with van der Waals surface area (Å²) in [5.41, 5.74) is 0.542. The molecule has 0 atom stereocenters. The maximum absolute atomic E-state index is 2.24. The van der Waals surface area contributed by atoms with Crippen LogP contribution in [0.2, 0.25) is 0 Å². The molecule has 140 valence electrons. The summed E-state index contributed by atoms with van der Waals surface area (Å²) in [5.74, 6) is 0. The Labute approximate surface area is 167 Å². The van der Waals surface area contributed by atoms with E-state index in [1.807, 2.05) is 27.7 Å². The van der Waals surface area contributed by atoms with Crippen LogP contribution < -0.4 is 0 Å². The summed E-state index contributed by atoms with van der Waals surface area (Å²) in [6, 6.07) is 16.7. The fraction of sp³-hybridized carbons (Fsp3) is 0.565. The largest absolute Gasteiger partial charge is 0.0683 e. The number of hydrogen-bond donors (Lipinski definition) is 0. The van der Waals surface area contributed by atoms with Crippen LogP contribution in [-0.4, -0.2) is 0 Å². The molecular weight excluding hydrogens is 460 g/mol. The van der Waals surface area contributed by atoms with Gasteiger partial charge in [0.05, 0.1) is 0 Å². The maximum Gasteiger partial charge on any atom is 0 e. The molecule has 2 rings (SSSR count). The van der Waals surface area contributed by atoms with Gasteiger partial charge in [0.2, 0.25) is 0 Å². The molecule has 0 radical (unpaired) electrons. The van der Waals surface area contributed by atoms with Crippen LogP contribution in [0.3, 0.4) is 0 Å². The van der Waals surface area contributed by atoms with E-state index >= 15 is 0 Å². The standard InChI is InChI=1S/C10H8.C6H14.C3H8.2C2H6.W/c1-2-6-10-8-4-3-7-9(10)5-1;1-5-6(2,3)4;1-3-2;2*1-2;/h1-8H;5H2,1-4H3;3H2,1-2H3;2*1-2H3;. The van der Waals surface area contributed by atoms with Crippen LogP contribution in [0.4, 0.5) is 0 Å². The molecule has 0 bridgehead atoms. The molecule has 0 aliphatic rings. The van der Waals surface area contributed by atoms with Crippen LogP contribution in [-0.2, 0) is 21.1 Å². The van der Waals surface area contributed by atoms with Crippen LogP contribution in [0, 0.1) is 5.41 Å². The van der Waals surface area contributed by atoms with Crippen molar-refractivity contribution in [1.82, 2.24) is 0 Å². The monoisotopic (exact) mass is 502 g/mol. The molecule has 0 fully saturated rings. The van der Waals surface area contributed by atoms with Gasteiger partial charge in [-0.3, -0.25) is 0 Å². The quantitative estimate of drug-likeness (QED) is 0.338. The summed E-state index contributed by atoms with van der Waals surface area (Å²) < 4.78 is 0. The van der Waals surface area contributed by atoms with Crippen molar-refractivity contribution in [1.29, 1.82) is 0 Å². The molecule has 2 aromatic rings. The van der Waals surface area contributed by atoms with E-state index in [1.54, 1.807) is 0 Å². The van der Waals surface area contributed by atoms with Crippen molar-refractivity contribution in [3.8, 4) is 0 Å². The Morgan fingerprint density at radius 3 is 0.917 bits per heavy atom. The van der Waals surface area contributed by atoms with Gasteiger partial charge in [-0.15, -0.1) is 0 Å². The molecule has 0 N–H and O–H groups in total. The van der Waals surface area contributed by atoms with E-state index in [9.17, 15) is 0 Å². The van der Waals surface area contributed by atoms with Gasteiger partial charge in [0.15, 0.2) is 0 Å². The van der Waals surface area contributed by atoms with Crippen molar-refractivity contribution < 1.29 is 21.1 Å². The first-order chi connectivity index (χ1) is 10.9. The minimum Gasteiger partial charge on any atom is -0.0683 e. The third-order valence-electron chi connectivity index (χ3n) is 2.72. The molecule has 0 nitrogen and oxygen atoms in total. The smallest absolute Gasteiger partial charge is 0 e. The van der Waals surface area contributed by atoms with Gasteiger partial charge < -0.3 is 0 Å². The first kappa shape index (κ1) is 31.2. The third-order valence-corrected chi connectivity index (χ3v) is 2.72. The summed E-state index contributed by atoms with van der Waals surface area (Å²) in [7, 11) is 0. The Balaban J connectivity index is -0.000000125. The van der Waals surface area contributed by atoms with Gasteiger partial charge in [0, 0.05) is 21.1 Å². The van der Waals surface area contributed by atoms with Crippen molar-refractivity contribution in [3.05, 3.63) is 48.5 Å². The van der Waals surface area contributed by atoms with Gasteiger partial charge in [-0.25, -0.2) is 0 Å². The van der Waals surface area contributed by atoms with Crippen molar-refractivity contribution in [2.24, 2.45) is 5.41 Å². The SMILES string of the molecule is CC.CC.CCC.CCC(C)(C)C.[W].c1ccc2ccccc2c1. The van der Waals surface area contributed by atoms with Gasteiger partial charge in [-0.05, 0) is 16.2 Å². The zero-order valence-corrected chi connectivity index (χ0v) is 20.9. The summed E-state index contributed by atoms with van der Waals surface area (Å²) in [4.78, 5) is 0. The number of rotatable bonds is 0. The molecule has 24 heavy (non-hydrogen) atoms. The van der Waals surface area contributed by atoms with E-state index in [1.165, 1.54) is 23.6 Å². The number of benzene rings is 2. The van der Waals surface area contributed by atoms with Crippen LogP contribution in [0.5, 0.6) is 0 Å². The molecule has 1 heteroatoms. The summed E-state index contributed by atoms with van der Waals surface area (Å²) in [6.07, 6.45) is 2.52.